The van der Waals surface area contributed by atoms with E-state index in [0.717, 1.165) is 22.3 Å². The van der Waals surface area contributed by atoms with Crippen molar-refractivity contribution in [1.29, 1.82) is 0 Å². The molecule has 3 aliphatic heterocycles. The molecule has 3 aromatic rings. The zero-order valence-electron chi connectivity index (χ0n) is 18.3. The zero-order chi connectivity index (χ0) is 22.9. The number of carbonyl (C=O) groups is 3. The highest BCUT2D eigenvalue weighted by Crippen LogP contribution is 2.54. The molecule has 4 heterocycles. The first-order valence-corrected chi connectivity index (χ1v) is 11.9. The van der Waals surface area contributed by atoms with Crippen molar-refractivity contribution in [2.24, 2.45) is 11.8 Å². The Kier molecular flexibility index (Phi) is 4.42. The number of aryl methyl sites for hydroxylation is 2. The largest absolute Gasteiger partial charge is 0.358 e. The molecule has 0 spiro atoms. The predicted octanol–water partition coefficient (Wildman–Crippen LogP) is 4.76. The lowest BCUT2D eigenvalue weighted by Crippen LogP contribution is -2.44. The van der Waals surface area contributed by atoms with Crippen LogP contribution in [0.4, 0.5) is 5.69 Å². The van der Waals surface area contributed by atoms with Gasteiger partial charge in [0.1, 0.15) is 6.04 Å². The van der Waals surface area contributed by atoms with Crippen LogP contribution in [0.3, 0.4) is 0 Å². The number of hydrogen-bond acceptors (Lipinski definition) is 5. The van der Waals surface area contributed by atoms with Crippen molar-refractivity contribution in [3.8, 4) is 0 Å². The number of nitrogens with zero attached hydrogens (tertiary/aromatic N) is 2. The summed E-state index contributed by atoms with van der Waals surface area (Å²) < 4.78 is 0. The zero-order valence-corrected chi connectivity index (χ0v) is 19.1. The number of carbonyl (C=O) groups excluding carboxylic acids is 3. The van der Waals surface area contributed by atoms with E-state index < -0.39 is 17.9 Å². The first kappa shape index (κ1) is 20.1. The number of benzene rings is 2. The second-order valence-corrected chi connectivity index (χ2v) is 9.92. The Morgan fingerprint density at radius 3 is 2.48 bits per heavy atom. The third kappa shape index (κ3) is 2.80. The van der Waals surface area contributed by atoms with Crippen LogP contribution in [-0.2, 0) is 9.59 Å². The monoisotopic (exact) mass is 454 g/mol. The minimum atomic E-state index is -0.728. The molecule has 0 bridgehead atoms. The van der Waals surface area contributed by atoms with Gasteiger partial charge in [-0.2, -0.15) is 0 Å². The fraction of sp³-hybridized carbons (Fsp3) is 0.222. The van der Waals surface area contributed by atoms with E-state index in [1.807, 2.05) is 84.9 Å². The molecule has 6 rings (SSSR count). The number of Topliss-reactive ketones (excluding diaryl/α,β-unsaturated/α-hetero) is 1. The lowest BCUT2D eigenvalue weighted by atomic mass is 9.84. The molecule has 0 radical (unpaired) electrons. The van der Waals surface area contributed by atoms with Crippen LogP contribution in [0, 0.1) is 25.7 Å². The van der Waals surface area contributed by atoms with Crippen molar-refractivity contribution >= 4 is 40.7 Å². The Hall–Kier alpha value is -3.51. The van der Waals surface area contributed by atoms with E-state index in [2.05, 4.69) is 0 Å². The summed E-state index contributed by atoms with van der Waals surface area (Å²) in [5.41, 5.74) is 4.56. The normalized spacial score (nSPS) is 25.3. The van der Waals surface area contributed by atoms with E-state index in [4.69, 9.17) is 0 Å². The van der Waals surface area contributed by atoms with Crippen LogP contribution in [0.25, 0.3) is 6.08 Å². The standard InChI is InChI=1S/C27H22N2O3S/c1-15-9-10-19(16(2)14-15)29-26(31)21-22(27(29)32)24(25(30)20-8-5-13-33-20)28-12-11-17-6-3-4-7-18(17)23(21)28/h3-14,21-24H,1-2H3/t21-,22+,23-,24-/m0/s1. The Labute approximate surface area is 195 Å². The highest BCUT2D eigenvalue weighted by molar-refractivity contribution is 7.12. The van der Waals surface area contributed by atoms with Crippen molar-refractivity contribution in [1.82, 2.24) is 4.90 Å². The van der Waals surface area contributed by atoms with Crippen LogP contribution in [0.5, 0.6) is 0 Å². The number of hydrogen-bond donors (Lipinski definition) is 0. The van der Waals surface area contributed by atoms with Crippen molar-refractivity contribution < 1.29 is 14.4 Å². The highest BCUT2D eigenvalue weighted by atomic mass is 32.1. The van der Waals surface area contributed by atoms with E-state index in [1.54, 1.807) is 6.07 Å². The third-order valence-electron chi connectivity index (χ3n) is 7.09. The van der Waals surface area contributed by atoms with Crippen LogP contribution in [0.2, 0.25) is 0 Å². The quantitative estimate of drug-likeness (QED) is 0.423. The van der Waals surface area contributed by atoms with Crippen LogP contribution < -0.4 is 4.90 Å². The molecule has 6 heteroatoms. The average molecular weight is 455 g/mol. The number of ketones is 1. The summed E-state index contributed by atoms with van der Waals surface area (Å²) in [6, 6.07) is 16.2. The first-order valence-electron chi connectivity index (χ1n) is 11.0. The molecule has 164 valence electrons. The van der Waals surface area contributed by atoms with Gasteiger partial charge in [0, 0.05) is 6.20 Å². The molecule has 2 saturated heterocycles. The number of fused-ring (bicyclic) bond motifs is 5. The predicted molar refractivity (Wildman–Crippen MR) is 128 cm³/mol. The van der Waals surface area contributed by atoms with Gasteiger partial charge in [-0.15, -0.1) is 11.3 Å². The minimum absolute atomic E-state index is 0.102. The summed E-state index contributed by atoms with van der Waals surface area (Å²) in [4.78, 5) is 45.3. The van der Waals surface area contributed by atoms with Crippen molar-refractivity contribution in [3.63, 3.8) is 0 Å². The lowest BCUT2D eigenvalue weighted by Gasteiger charge is -2.35. The molecule has 3 aliphatic rings. The van der Waals surface area contributed by atoms with Crippen LogP contribution >= 0.6 is 11.3 Å². The first-order chi connectivity index (χ1) is 16.0. The van der Waals surface area contributed by atoms with Gasteiger partial charge in [-0.05, 0) is 54.1 Å². The summed E-state index contributed by atoms with van der Waals surface area (Å²) in [6.07, 6.45) is 3.86. The number of anilines is 1. The van der Waals surface area contributed by atoms with Gasteiger partial charge >= 0.3 is 0 Å². The maximum Gasteiger partial charge on any atom is 0.240 e. The van der Waals surface area contributed by atoms with Gasteiger partial charge in [-0.1, -0.05) is 48.0 Å². The molecule has 0 N–H and O–H groups in total. The van der Waals surface area contributed by atoms with Crippen LogP contribution in [-0.4, -0.2) is 28.5 Å². The summed E-state index contributed by atoms with van der Waals surface area (Å²) in [5.74, 6) is -1.95. The SMILES string of the molecule is Cc1ccc(N2C(=O)[C@@H]3[C@H](C2=O)[C@@H]2c4ccccc4C=CN2[C@@H]3C(=O)c2cccs2)c(C)c1. The lowest BCUT2D eigenvalue weighted by molar-refractivity contribution is -0.123. The third-order valence-corrected chi connectivity index (χ3v) is 7.97. The number of rotatable bonds is 3. The molecule has 5 nitrogen and oxygen atoms in total. The van der Waals surface area contributed by atoms with E-state index >= 15 is 0 Å². The van der Waals surface area contributed by atoms with E-state index in [-0.39, 0.29) is 23.6 Å². The van der Waals surface area contributed by atoms with Gasteiger partial charge in [0.25, 0.3) is 0 Å². The topological polar surface area (TPSA) is 57.7 Å². The summed E-state index contributed by atoms with van der Waals surface area (Å²) >= 11 is 1.37. The van der Waals surface area contributed by atoms with Gasteiger partial charge in [0.15, 0.2) is 5.78 Å². The highest BCUT2D eigenvalue weighted by Gasteiger charge is 2.64. The van der Waals surface area contributed by atoms with Gasteiger partial charge in [0.05, 0.1) is 28.4 Å². The van der Waals surface area contributed by atoms with Gasteiger partial charge in [0.2, 0.25) is 11.8 Å². The number of amides is 2. The molecule has 1 aromatic heterocycles. The molecule has 4 atom stereocenters. The van der Waals surface area contributed by atoms with Crippen molar-refractivity contribution in [2.75, 3.05) is 4.90 Å². The maximum atomic E-state index is 13.9. The van der Waals surface area contributed by atoms with Crippen molar-refractivity contribution in [2.45, 2.75) is 25.9 Å². The summed E-state index contributed by atoms with van der Waals surface area (Å²) in [6.45, 7) is 3.90. The van der Waals surface area contributed by atoms with Gasteiger partial charge in [-0.25, -0.2) is 4.90 Å². The summed E-state index contributed by atoms with van der Waals surface area (Å²) in [7, 11) is 0. The second-order valence-electron chi connectivity index (χ2n) is 8.98. The molecular formula is C27H22N2O3S. The fourth-order valence-corrected chi connectivity index (χ4v) is 6.41. The molecule has 0 saturated carbocycles. The van der Waals surface area contributed by atoms with Gasteiger partial charge in [-0.3, -0.25) is 14.4 Å². The maximum absolute atomic E-state index is 13.9. The Morgan fingerprint density at radius 2 is 1.73 bits per heavy atom. The van der Waals surface area contributed by atoms with Crippen LogP contribution in [0.15, 0.2) is 66.2 Å². The fourth-order valence-electron chi connectivity index (χ4n) is 5.72. The Balaban J connectivity index is 1.51. The molecule has 2 amide bonds. The Morgan fingerprint density at radius 1 is 0.939 bits per heavy atom. The van der Waals surface area contributed by atoms with E-state index in [1.165, 1.54) is 16.2 Å². The van der Waals surface area contributed by atoms with E-state index in [9.17, 15) is 14.4 Å². The Bertz CT molecular complexity index is 1340. The number of thiophene rings is 1. The minimum Gasteiger partial charge on any atom is -0.358 e. The molecule has 33 heavy (non-hydrogen) atoms. The smallest absolute Gasteiger partial charge is 0.240 e. The second kappa shape index (κ2) is 7.25. The van der Waals surface area contributed by atoms with E-state index in [0.29, 0.717) is 10.6 Å². The number of imide groups is 1. The molecule has 0 unspecified atom stereocenters. The van der Waals surface area contributed by atoms with Crippen LogP contribution in [0.1, 0.15) is 38.0 Å². The average Bonchev–Trinajstić information content (AvgIpc) is 3.51. The molecular weight excluding hydrogens is 432 g/mol. The molecule has 2 fully saturated rings. The van der Waals surface area contributed by atoms with Gasteiger partial charge < -0.3 is 4.90 Å². The molecule has 0 aliphatic carbocycles. The molecule has 2 aromatic carbocycles. The van der Waals surface area contributed by atoms with Crippen molar-refractivity contribution in [3.05, 3.63) is 93.3 Å². The summed E-state index contributed by atoms with van der Waals surface area (Å²) in [5, 5.41) is 1.86.